The molecule has 0 atom stereocenters. The minimum atomic E-state index is -0.385. The van der Waals surface area contributed by atoms with Crippen molar-refractivity contribution in [2.45, 2.75) is 20.1 Å². The van der Waals surface area contributed by atoms with Gasteiger partial charge < -0.3 is 14.5 Å². The van der Waals surface area contributed by atoms with Gasteiger partial charge in [0.15, 0.2) is 5.76 Å². The third-order valence-electron chi connectivity index (χ3n) is 3.75. The second-order valence-corrected chi connectivity index (χ2v) is 5.32. The molecule has 0 radical (unpaired) electrons. The van der Waals surface area contributed by atoms with E-state index in [1.54, 1.807) is 24.3 Å². The van der Waals surface area contributed by atoms with E-state index in [0.29, 0.717) is 23.3 Å². The van der Waals surface area contributed by atoms with Gasteiger partial charge in [-0.2, -0.15) is 0 Å². The summed E-state index contributed by atoms with van der Waals surface area (Å²) in [6.07, 6.45) is 0. The highest BCUT2D eigenvalue weighted by Gasteiger charge is 2.20. The van der Waals surface area contributed by atoms with E-state index in [2.05, 4.69) is 5.32 Å². The average Bonchev–Trinajstić information content (AvgIpc) is 2.97. The van der Waals surface area contributed by atoms with Crippen LogP contribution in [0.3, 0.4) is 0 Å². The number of ether oxygens (including phenoxy) is 1. The number of fused-ring (bicyclic) bond motifs is 1. The van der Waals surface area contributed by atoms with Crippen molar-refractivity contribution in [1.29, 1.82) is 0 Å². The molecule has 1 amide bonds. The molecule has 1 heterocycles. The summed E-state index contributed by atoms with van der Waals surface area (Å²) in [5.41, 5.74) is 1.76. The van der Waals surface area contributed by atoms with Crippen molar-refractivity contribution in [2.24, 2.45) is 0 Å². The second-order valence-electron chi connectivity index (χ2n) is 5.32. The molecule has 0 aliphatic heterocycles. The third-order valence-corrected chi connectivity index (χ3v) is 3.75. The van der Waals surface area contributed by atoms with E-state index >= 15 is 0 Å². The Balaban J connectivity index is 1.84. The van der Waals surface area contributed by atoms with E-state index in [9.17, 15) is 9.18 Å². The molecule has 24 heavy (non-hydrogen) atoms. The minimum Gasteiger partial charge on any atom is -0.451 e. The molecule has 0 aliphatic carbocycles. The van der Waals surface area contributed by atoms with Crippen LogP contribution in [0.15, 0.2) is 52.9 Å². The predicted octanol–water partition coefficient (Wildman–Crippen LogP) is 4.04. The molecule has 4 nitrogen and oxygen atoms in total. The highest BCUT2D eigenvalue weighted by atomic mass is 19.1. The van der Waals surface area contributed by atoms with Crippen molar-refractivity contribution in [2.75, 3.05) is 6.61 Å². The van der Waals surface area contributed by atoms with E-state index in [-0.39, 0.29) is 30.6 Å². The number of hydrogen-bond acceptors (Lipinski definition) is 3. The molecule has 0 unspecified atom stereocenters. The summed E-state index contributed by atoms with van der Waals surface area (Å²) in [6, 6.07) is 13.8. The van der Waals surface area contributed by atoms with E-state index in [0.717, 1.165) is 5.39 Å². The fourth-order valence-corrected chi connectivity index (χ4v) is 2.53. The zero-order chi connectivity index (χ0) is 16.9. The Morgan fingerprint density at radius 1 is 1.17 bits per heavy atom. The monoisotopic (exact) mass is 327 g/mol. The molecule has 0 bridgehead atoms. The van der Waals surface area contributed by atoms with Crippen molar-refractivity contribution in [1.82, 2.24) is 5.32 Å². The minimum absolute atomic E-state index is 0.0939. The molecule has 0 aliphatic rings. The summed E-state index contributed by atoms with van der Waals surface area (Å²) in [7, 11) is 0. The quantitative estimate of drug-likeness (QED) is 0.743. The van der Waals surface area contributed by atoms with Gasteiger partial charge in [0.05, 0.1) is 6.61 Å². The van der Waals surface area contributed by atoms with Crippen molar-refractivity contribution in [3.63, 3.8) is 0 Å². The fourth-order valence-electron chi connectivity index (χ4n) is 2.53. The summed E-state index contributed by atoms with van der Waals surface area (Å²) in [4.78, 5) is 12.5. The van der Waals surface area contributed by atoms with Crippen LogP contribution >= 0.6 is 0 Å². The number of halogens is 1. The first-order chi connectivity index (χ1) is 11.7. The number of rotatable bonds is 6. The number of amides is 1. The Morgan fingerprint density at radius 2 is 1.92 bits per heavy atom. The summed E-state index contributed by atoms with van der Waals surface area (Å²) >= 11 is 0. The van der Waals surface area contributed by atoms with Gasteiger partial charge >= 0.3 is 0 Å². The van der Waals surface area contributed by atoms with Crippen LogP contribution < -0.4 is 5.32 Å². The summed E-state index contributed by atoms with van der Waals surface area (Å²) in [5, 5.41) is 3.55. The highest BCUT2D eigenvalue weighted by molar-refractivity contribution is 5.99. The van der Waals surface area contributed by atoms with Gasteiger partial charge in [0.1, 0.15) is 11.4 Å². The number of furan rings is 1. The van der Waals surface area contributed by atoms with Crippen molar-refractivity contribution >= 4 is 16.9 Å². The maximum Gasteiger partial charge on any atom is 0.287 e. The molecular formula is C19H18FNO3. The summed E-state index contributed by atoms with van der Waals surface area (Å²) in [6.45, 7) is 2.81. The first-order valence-electron chi connectivity index (χ1n) is 7.80. The number of carbonyl (C=O) groups is 1. The van der Waals surface area contributed by atoms with Crippen LogP contribution in [0.2, 0.25) is 0 Å². The SMILES string of the molecule is CCOCc1c(C(=O)NCc2ccccc2F)oc2ccccc12. The van der Waals surface area contributed by atoms with Gasteiger partial charge in [0.2, 0.25) is 0 Å². The normalized spacial score (nSPS) is 10.9. The molecule has 0 saturated carbocycles. The molecule has 1 aromatic heterocycles. The Kier molecular flexibility index (Phi) is 4.91. The molecule has 124 valence electrons. The van der Waals surface area contributed by atoms with Crippen molar-refractivity contribution < 1.29 is 18.3 Å². The standard InChI is InChI=1S/C19H18FNO3/c1-2-23-12-15-14-8-4-6-10-17(14)24-18(15)19(22)21-11-13-7-3-5-9-16(13)20/h3-10H,2,11-12H2,1H3,(H,21,22). The lowest BCUT2D eigenvalue weighted by Crippen LogP contribution is -2.24. The van der Waals surface area contributed by atoms with Crippen LogP contribution in [0.5, 0.6) is 0 Å². The highest BCUT2D eigenvalue weighted by Crippen LogP contribution is 2.26. The van der Waals surface area contributed by atoms with E-state index in [1.807, 2.05) is 25.1 Å². The van der Waals surface area contributed by atoms with Gasteiger partial charge in [-0.05, 0) is 19.1 Å². The molecule has 3 rings (SSSR count). The Bertz CT molecular complexity index is 857. The number of carbonyl (C=O) groups excluding carboxylic acids is 1. The van der Waals surface area contributed by atoms with Crippen LogP contribution in [-0.4, -0.2) is 12.5 Å². The first-order valence-corrected chi connectivity index (χ1v) is 7.80. The molecule has 0 fully saturated rings. The molecule has 1 N–H and O–H groups in total. The Labute approximate surface area is 139 Å². The molecular weight excluding hydrogens is 309 g/mol. The molecule has 0 spiro atoms. The number of nitrogens with one attached hydrogen (secondary N) is 1. The van der Waals surface area contributed by atoms with Crippen LogP contribution in [0.25, 0.3) is 11.0 Å². The van der Waals surface area contributed by atoms with Gasteiger partial charge in [-0.25, -0.2) is 4.39 Å². The number of para-hydroxylation sites is 1. The van der Waals surface area contributed by atoms with Crippen molar-refractivity contribution in [3.8, 4) is 0 Å². The number of hydrogen-bond donors (Lipinski definition) is 1. The lowest BCUT2D eigenvalue weighted by atomic mass is 10.1. The number of benzene rings is 2. The first kappa shape index (κ1) is 16.2. The zero-order valence-electron chi connectivity index (χ0n) is 13.3. The largest absolute Gasteiger partial charge is 0.451 e. The maximum absolute atomic E-state index is 13.7. The zero-order valence-corrected chi connectivity index (χ0v) is 13.3. The van der Waals surface area contributed by atoms with Crippen molar-refractivity contribution in [3.05, 3.63) is 71.2 Å². The topological polar surface area (TPSA) is 51.5 Å². The van der Waals surface area contributed by atoms with Gasteiger partial charge in [0, 0.05) is 29.7 Å². The predicted molar refractivity (Wildman–Crippen MR) is 89.1 cm³/mol. The van der Waals surface area contributed by atoms with E-state index in [4.69, 9.17) is 9.15 Å². The van der Waals surface area contributed by atoms with Gasteiger partial charge in [-0.3, -0.25) is 4.79 Å². The maximum atomic E-state index is 13.7. The van der Waals surface area contributed by atoms with E-state index < -0.39 is 0 Å². The van der Waals surface area contributed by atoms with Gasteiger partial charge in [-0.15, -0.1) is 0 Å². The lowest BCUT2D eigenvalue weighted by Gasteiger charge is -2.06. The smallest absolute Gasteiger partial charge is 0.287 e. The third kappa shape index (κ3) is 3.31. The molecule has 2 aromatic carbocycles. The van der Waals surface area contributed by atoms with E-state index in [1.165, 1.54) is 6.07 Å². The molecule has 0 saturated heterocycles. The molecule has 3 aromatic rings. The fraction of sp³-hybridized carbons (Fsp3) is 0.211. The van der Waals surface area contributed by atoms with Gasteiger partial charge in [0.25, 0.3) is 5.91 Å². The van der Waals surface area contributed by atoms with Crippen LogP contribution in [0.4, 0.5) is 4.39 Å². The summed E-state index contributed by atoms with van der Waals surface area (Å²) in [5.74, 6) is -0.526. The molecule has 5 heteroatoms. The second kappa shape index (κ2) is 7.27. The van der Waals surface area contributed by atoms with Crippen LogP contribution in [0.1, 0.15) is 28.6 Å². The van der Waals surface area contributed by atoms with Crippen LogP contribution in [-0.2, 0) is 17.9 Å². The Morgan fingerprint density at radius 3 is 2.71 bits per heavy atom. The summed E-state index contributed by atoms with van der Waals surface area (Å²) < 4.78 is 24.8. The Hall–Kier alpha value is -2.66. The van der Waals surface area contributed by atoms with Gasteiger partial charge in [-0.1, -0.05) is 36.4 Å². The van der Waals surface area contributed by atoms with Crippen LogP contribution in [0, 0.1) is 5.82 Å². The lowest BCUT2D eigenvalue weighted by molar-refractivity contribution is 0.0912. The average molecular weight is 327 g/mol.